The Morgan fingerprint density at radius 3 is 2.85 bits per heavy atom. The van der Waals surface area contributed by atoms with Gasteiger partial charge >= 0.3 is 0 Å². The molecular weight excluding hydrogens is 248 g/mol. The summed E-state index contributed by atoms with van der Waals surface area (Å²) in [6, 6.07) is 0. The minimum Gasteiger partial charge on any atom is -0.299 e. The predicted molar refractivity (Wildman–Crippen MR) is 58.2 cm³/mol. The number of halogens is 1. The molecule has 1 saturated carbocycles. The summed E-state index contributed by atoms with van der Waals surface area (Å²) in [6.07, 6.45) is 4.08. The maximum atomic E-state index is 11.6. The van der Waals surface area contributed by atoms with Crippen molar-refractivity contribution >= 4 is 33.0 Å². The molecule has 3 heteroatoms. The average Bonchev–Trinajstić information content (AvgIpc) is 2.52. The van der Waals surface area contributed by atoms with Crippen molar-refractivity contribution in [2.75, 3.05) is 0 Å². The second-order valence-corrected chi connectivity index (χ2v) is 5.04. The zero-order valence-corrected chi connectivity index (χ0v) is 9.66. The fraction of sp³-hybridized carbons (Fsp3) is 0.500. The largest absolute Gasteiger partial charge is 0.299 e. The van der Waals surface area contributed by atoms with Crippen molar-refractivity contribution in [3.63, 3.8) is 0 Å². The van der Waals surface area contributed by atoms with Gasteiger partial charge in [0.15, 0.2) is 0 Å². The van der Waals surface area contributed by atoms with E-state index in [4.69, 9.17) is 0 Å². The fourth-order valence-electron chi connectivity index (χ4n) is 1.85. The third kappa shape index (κ3) is 1.86. The van der Waals surface area contributed by atoms with Crippen LogP contribution in [0.5, 0.6) is 0 Å². The first kappa shape index (κ1) is 9.41. The van der Waals surface area contributed by atoms with Gasteiger partial charge in [-0.3, -0.25) is 4.79 Å². The van der Waals surface area contributed by atoms with Gasteiger partial charge in [0.25, 0.3) is 0 Å². The zero-order chi connectivity index (χ0) is 9.26. The summed E-state index contributed by atoms with van der Waals surface area (Å²) in [6.45, 7) is 0. The molecule has 1 nitrogen and oxygen atoms in total. The molecule has 1 aromatic rings. The lowest BCUT2D eigenvalue weighted by Crippen LogP contribution is -2.16. The van der Waals surface area contributed by atoms with Crippen molar-refractivity contribution in [1.29, 1.82) is 0 Å². The summed E-state index contributed by atoms with van der Waals surface area (Å²) < 4.78 is 1.11. The highest BCUT2D eigenvalue weighted by atomic mass is 79.9. The van der Waals surface area contributed by atoms with Crippen LogP contribution >= 0.6 is 27.3 Å². The highest BCUT2D eigenvalue weighted by molar-refractivity contribution is 9.10. The average molecular weight is 259 g/mol. The van der Waals surface area contributed by atoms with E-state index >= 15 is 0 Å². The highest BCUT2D eigenvalue weighted by Gasteiger charge is 2.25. The Hall–Kier alpha value is -0.150. The van der Waals surface area contributed by atoms with Gasteiger partial charge in [-0.05, 0) is 39.7 Å². The number of carbonyl (C=O) groups is 1. The first-order valence-corrected chi connectivity index (χ1v) is 6.27. The molecule has 1 fully saturated rings. The first-order valence-electron chi connectivity index (χ1n) is 4.53. The molecule has 0 aromatic carbocycles. The molecule has 70 valence electrons. The van der Waals surface area contributed by atoms with E-state index in [0.717, 1.165) is 23.7 Å². The van der Waals surface area contributed by atoms with Crippen LogP contribution in [0.4, 0.5) is 0 Å². The van der Waals surface area contributed by atoms with E-state index in [1.54, 1.807) is 11.3 Å². The van der Waals surface area contributed by atoms with Gasteiger partial charge in [-0.25, -0.2) is 0 Å². The van der Waals surface area contributed by atoms with E-state index in [1.807, 2.05) is 0 Å². The normalized spacial score (nSPS) is 23.5. The van der Waals surface area contributed by atoms with Crippen molar-refractivity contribution in [2.24, 2.45) is 0 Å². The van der Waals surface area contributed by atoms with Gasteiger partial charge in [0.1, 0.15) is 5.78 Å². The number of Topliss-reactive ketones (excluding diaryl/α,β-unsaturated/α-hetero) is 1. The number of ketones is 1. The zero-order valence-electron chi connectivity index (χ0n) is 7.25. The quantitative estimate of drug-likeness (QED) is 0.750. The van der Waals surface area contributed by atoms with E-state index in [2.05, 4.69) is 26.7 Å². The van der Waals surface area contributed by atoms with Crippen molar-refractivity contribution < 1.29 is 4.79 Å². The van der Waals surface area contributed by atoms with E-state index < -0.39 is 0 Å². The Morgan fingerprint density at radius 1 is 1.38 bits per heavy atom. The van der Waals surface area contributed by atoms with Gasteiger partial charge in [-0.2, -0.15) is 11.3 Å². The van der Waals surface area contributed by atoms with Gasteiger partial charge in [0.05, 0.1) is 0 Å². The van der Waals surface area contributed by atoms with Crippen molar-refractivity contribution in [1.82, 2.24) is 0 Å². The molecule has 1 atom stereocenters. The second-order valence-electron chi connectivity index (χ2n) is 3.44. The van der Waals surface area contributed by atoms with Crippen molar-refractivity contribution in [3.8, 4) is 0 Å². The molecule has 0 N–H and O–H groups in total. The third-order valence-corrected chi connectivity index (χ3v) is 4.32. The number of thiophene rings is 1. The lowest BCUT2D eigenvalue weighted by atomic mass is 9.84. The molecular formula is C10H11BrOS. The van der Waals surface area contributed by atoms with Gasteiger partial charge in [-0.1, -0.05) is 6.42 Å². The summed E-state index contributed by atoms with van der Waals surface area (Å²) in [4.78, 5) is 11.6. The molecule has 1 aromatic heterocycles. The molecule has 1 heterocycles. The van der Waals surface area contributed by atoms with Crippen LogP contribution in [0, 0.1) is 0 Å². The van der Waals surface area contributed by atoms with Gasteiger partial charge in [0, 0.05) is 22.2 Å². The summed E-state index contributed by atoms with van der Waals surface area (Å²) in [5, 5.41) is 4.15. The summed E-state index contributed by atoms with van der Waals surface area (Å²) in [5.41, 5.74) is 1.20. The molecule has 1 unspecified atom stereocenters. The summed E-state index contributed by atoms with van der Waals surface area (Å²) in [5.74, 6) is 0.597. The summed E-state index contributed by atoms with van der Waals surface area (Å²) in [7, 11) is 0. The Labute approximate surface area is 90.3 Å². The predicted octanol–water partition coefficient (Wildman–Crippen LogP) is 3.74. The molecule has 0 bridgehead atoms. The van der Waals surface area contributed by atoms with E-state index in [0.29, 0.717) is 5.78 Å². The van der Waals surface area contributed by atoms with Crippen LogP contribution in [-0.2, 0) is 4.79 Å². The molecule has 0 aliphatic heterocycles. The smallest absolute Gasteiger partial charge is 0.140 e. The monoisotopic (exact) mass is 258 g/mol. The van der Waals surface area contributed by atoms with Crippen molar-refractivity contribution in [2.45, 2.75) is 31.6 Å². The number of hydrogen-bond donors (Lipinski definition) is 0. The second kappa shape index (κ2) is 3.93. The molecule has 0 radical (unpaired) electrons. The van der Waals surface area contributed by atoms with Gasteiger partial charge < -0.3 is 0 Å². The topological polar surface area (TPSA) is 17.1 Å². The van der Waals surface area contributed by atoms with Crippen molar-refractivity contribution in [3.05, 3.63) is 20.8 Å². The number of hydrogen-bond acceptors (Lipinski definition) is 2. The first-order chi connectivity index (χ1) is 6.29. The Morgan fingerprint density at radius 2 is 2.23 bits per heavy atom. The maximum Gasteiger partial charge on any atom is 0.140 e. The molecule has 0 amide bonds. The van der Waals surface area contributed by atoms with Crippen LogP contribution in [0.3, 0.4) is 0 Å². The Balaban J connectivity index is 2.24. The van der Waals surface area contributed by atoms with Crippen LogP contribution in [0.1, 0.15) is 37.2 Å². The van der Waals surface area contributed by atoms with Gasteiger partial charge in [-0.15, -0.1) is 0 Å². The number of carbonyl (C=O) groups excluding carboxylic acids is 1. The van der Waals surface area contributed by atoms with Crippen LogP contribution in [0.25, 0.3) is 0 Å². The molecule has 0 spiro atoms. The van der Waals surface area contributed by atoms with Crippen LogP contribution < -0.4 is 0 Å². The number of rotatable bonds is 1. The SMILES string of the molecule is O=C1CCCCC1c1cscc1Br. The molecule has 1 aliphatic carbocycles. The summed E-state index contributed by atoms with van der Waals surface area (Å²) >= 11 is 5.15. The molecule has 13 heavy (non-hydrogen) atoms. The van der Waals surface area contributed by atoms with Crippen LogP contribution in [0.15, 0.2) is 15.2 Å². The standard InChI is InChI=1S/C10H11BrOS/c11-9-6-13-5-8(9)7-3-1-2-4-10(7)12/h5-7H,1-4H2. The van der Waals surface area contributed by atoms with E-state index in [9.17, 15) is 4.79 Å². The fourth-order valence-corrected chi connectivity index (χ4v) is 3.48. The maximum absolute atomic E-state index is 11.6. The minimum absolute atomic E-state index is 0.175. The molecule has 2 rings (SSSR count). The Kier molecular flexibility index (Phi) is 2.84. The third-order valence-electron chi connectivity index (χ3n) is 2.57. The molecule has 0 saturated heterocycles. The molecule has 1 aliphatic rings. The highest BCUT2D eigenvalue weighted by Crippen LogP contribution is 2.35. The van der Waals surface area contributed by atoms with E-state index in [1.165, 1.54) is 12.0 Å². The van der Waals surface area contributed by atoms with Crippen LogP contribution in [0.2, 0.25) is 0 Å². The van der Waals surface area contributed by atoms with Gasteiger partial charge in [0.2, 0.25) is 0 Å². The lowest BCUT2D eigenvalue weighted by Gasteiger charge is -2.19. The van der Waals surface area contributed by atoms with E-state index in [-0.39, 0.29) is 5.92 Å². The van der Waals surface area contributed by atoms with Crippen LogP contribution in [-0.4, -0.2) is 5.78 Å². The lowest BCUT2D eigenvalue weighted by molar-refractivity contribution is -0.121. The minimum atomic E-state index is 0.175. The Bertz CT molecular complexity index is 318.